The molecule has 1 saturated heterocycles. The molecular weight excluding hydrogens is 284 g/mol. The molecule has 1 spiro atoms. The Kier molecular flexibility index (Phi) is 3.11. The molecule has 2 aliphatic heterocycles. The Morgan fingerprint density at radius 3 is 2.77 bits per heavy atom. The highest BCUT2D eigenvalue weighted by molar-refractivity contribution is 5.91. The molecule has 4 rings (SSSR count). The average molecular weight is 300 g/mol. The Labute approximate surface area is 127 Å². The SMILES string of the molecule is O=C(c1ccno1)N1CCC2(CC1)OCc1ccccc1O2. The Morgan fingerprint density at radius 1 is 1.18 bits per heavy atom. The normalized spacial score (nSPS) is 19.5. The third-order valence-corrected chi connectivity index (χ3v) is 4.22. The van der Waals surface area contributed by atoms with Crippen molar-refractivity contribution in [3.8, 4) is 5.75 Å². The molecule has 1 amide bonds. The van der Waals surface area contributed by atoms with Crippen LogP contribution in [-0.4, -0.2) is 34.8 Å². The van der Waals surface area contributed by atoms with Crippen molar-refractivity contribution in [1.29, 1.82) is 0 Å². The van der Waals surface area contributed by atoms with E-state index in [4.69, 9.17) is 14.0 Å². The lowest BCUT2D eigenvalue weighted by molar-refractivity contribution is -0.225. The Balaban J connectivity index is 1.45. The predicted molar refractivity (Wildman–Crippen MR) is 76.2 cm³/mol. The summed E-state index contributed by atoms with van der Waals surface area (Å²) >= 11 is 0. The van der Waals surface area contributed by atoms with Gasteiger partial charge in [0.25, 0.3) is 5.91 Å². The van der Waals surface area contributed by atoms with Crippen molar-refractivity contribution in [3.05, 3.63) is 47.9 Å². The van der Waals surface area contributed by atoms with Gasteiger partial charge in [-0.25, -0.2) is 0 Å². The number of nitrogens with zero attached hydrogens (tertiary/aromatic N) is 2. The van der Waals surface area contributed by atoms with E-state index in [-0.39, 0.29) is 11.7 Å². The standard InChI is InChI=1S/C16H16N2O4/c19-15(14-5-8-17-22-14)18-9-6-16(7-10-18)20-11-12-3-1-2-4-13(12)21-16/h1-5,8H,6-7,9-11H2. The Morgan fingerprint density at radius 2 is 2.00 bits per heavy atom. The van der Waals surface area contributed by atoms with Crippen molar-refractivity contribution in [2.75, 3.05) is 13.1 Å². The number of likely N-dealkylation sites (tertiary alicyclic amines) is 1. The van der Waals surface area contributed by atoms with Crippen LogP contribution in [0.1, 0.15) is 29.0 Å². The van der Waals surface area contributed by atoms with Crippen LogP contribution < -0.4 is 4.74 Å². The van der Waals surface area contributed by atoms with E-state index in [1.807, 2.05) is 24.3 Å². The number of aromatic nitrogens is 1. The van der Waals surface area contributed by atoms with Crippen molar-refractivity contribution >= 4 is 5.91 Å². The fraction of sp³-hybridized carbons (Fsp3) is 0.375. The van der Waals surface area contributed by atoms with E-state index in [1.54, 1.807) is 11.0 Å². The molecule has 1 aromatic heterocycles. The zero-order valence-electron chi connectivity index (χ0n) is 12.0. The number of piperidine rings is 1. The zero-order chi connectivity index (χ0) is 15.0. The summed E-state index contributed by atoms with van der Waals surface area (Å²) in [5, 5.41) is 3.57. The minimum atomic E-state index is -0.619. The van der Waals surface area contributed by atoms with Gasteiger partial charge in [-0.3, -0.25) is 4.79 Å². The molecule has 114 valence electrons. The van der Waals surface area contributed by atoms with Gasteiger partial charge in [0.1, 0.15) is 5.75 Å². The van der Waals surface area contributed by atoms with Crippen LogP contribution in [0.25, 0.3) is 0 Å². The van der Waals surface area contributed by atoms with Gasteiger partial charge in [0.15, 0.2) is 0 Å². The molecule has 0 unspecified atom stereocenters. The van der Waals surface area contributed by atoms with Crippen LogP contribution in [0.15, 0.2) is 41.1 Å². The molecule has 0 saturated carbocycles. The largest absolute Gasteiger partial charge is 0.462 e. The molecule has 2 aliphatic rings. The lowest BCUT2D eigenvalue weighted by Gasteiger charge is -2.43. The van der Waals surface area contributed by atoms with Crippen LogP contribution in [0.5, 0.6) is 5.75 Å². The van der Waals surface area contributed by atoms with Crippen molar-refractivity contribution in [2.24, 2.45) is 0 Å². The van der Waals surface area contributed by atoms with Crippen LogP contribution in [-0.2, 0) is 11.3 Å². The van der Waals surface area contributed by atoms with Gasteiger partial charge < -0.3 is 18.9 Å². The van der Waals surface area contributed by atoms with Crippen molar-refractivity contribution in [3.63, 3.8) is 0 Å². The number of carbonyl (C=O) groups is 1. The molecule has 0 aliphatic carbocycles. The topological polar surface area (TPSA) is 64.8 Å². The number of para-hydroxylation sites is 1. The fourth-order valence-corrected chi connectivity index (χ4v) is 2.94. The number of amides is 1. The molecule has 22 heavy (non-hydrogen) atoms. The van der Waals surface area contributed by atoms with E-state index in [9.17, 15) is 4.79 Å². The molecule has 0 radical (unpaired) electrons. The molecule has 1 aromatic carbocycles. The second-order valence-corrected chi connectivity index (χ2v) is 5.58. The predicted octanol–water partition coefficient (Wildman–Crippen LogP) is 2.22. The van der Waals surface area contributed by atoms with Crippen LogP contribution in [0.4, 0.5) is 0 Å². The smallest absolute Gasteiger partial charge is 0.292 e. The first-order chi connectivity index (χ1) is 10.8. The van der Waals surface area contributed by atoms with Crippen LogP contribution in [0.2, 0.25) is 0 Å². The second-order valence-electron chi connectivity index (χ2n) is 5.58. The number of fused-ring (bicyclic) bond motifs is 1. The van der Waals surface area contributed by atoms with Crippen molar-refractivity contribution in [1.82, 2.24) is 10.1 Å². The summed E-state index contributed by atoms with van der Waals surface area (Å²) in [5.74, 6) is 0.395. The van der Waals surface area contributed by atoms with E-state index in [0.717, 1.165) is 11.3 Å². The van der Waals surface area contributed by atoms with Gasteiger partial charge in [0.2, 0.25) is 11.5 Å². The van der Waals surface area contributed by atoms with Crippen LogP contribution in [0.3, 0.4) is 0 Å². The fourth-order valence-electron chi connectivity index (χ4n) is 2.94. The van der Waals surface area contributed by atoms with Gasteiger partial charge in [0.05, 0.1) is 12.8 Å². The van der Waals surface area contributed by atoms with Gasteiger partial charge in [0, 0.05) is 37.6 Å². The molecule has 3 heterocycles. The maximum absolute atomic E-state index is 12.2. The molecule has 6 nitrogen and oxygen atoms in total. The van der Waals surface area contributed by atoms with E-state index in [0.29, 0.717) is 32.5 Å². The number of rotatable bonds is 1. The monoisotopic (exact) mass is 300 g/mol. The number of hydrogen-bond donors (Lipinski definition) is 0. The molecular formula is C16H16N2O4. The summed E-state index contributed by atoms with van der Waals surface area (Å²) in [6.07, 6.45) is 2.76. The summed E-state index contributed by atoms with van der Waals surface area (Å²) in [6.45, 7) is 1.69. The summed E-state index contributed by atoms with van der Waals surface area (Å²) in [4.78, 5) is 14.0. The molecule has 2 aromatic rings. The van der Waals surface area contributed by atoms with Crippen LogP contribution in [0, 0.1) is 0 Å². The summed E-state index contributed by atoms with van der Waals surface area (Å²) in [5.41, 5.74) is 1.06. The zero-order valence-corrected chi connectivity index (χ0v) is 12.0. The third kappa shape index (κ3) is 2.25. The van der Waals surface area contributed by atoms with Gasteiger partial charge in [-0.15, -0.1) is 0 Å². The molecule has 0 atom stereocenters. The first-order valence-electron chi connectivity index (χ1n) is 7.37. The first-order valence-corrected chi connectivity index (χ1v) is 7.37. The van der Waals surface area contributed by atoms with Crippen LogP contribution >= 0.6 is 0 Å². The highest BCUT2D eigenvalue weighted by atomic mass is 16.7. The lowest BCUT2D eigenvalue weighted by Crippen LogP contribution is -2.52. The molecule has 0 N–H and O–H groups in total. The van der Waals surface area contributed by atoms with Gasteiger partial charge in [-0.2, -0.15) is 0 Å². The number of ether oxygens (including phenoxy) is 2. The molecule has 6 heteroatoms. The summed E-state index contributed by atoms with van der Waals surface area (Å²) in [6, 6.07) is 9.48. The molecule has 0 bridgehead atoms. The third-order valence-electron chi connectivity index (χ3n) is 4.22. The maximum atomic E-state index is 12.2. The number of hydrogen-bond acceptors (Lipinski definition) is 5. The van der Waals surface area contributed by atoms with E-state index < -0.39 is 5.79 Å². The maximum Gasteiger partial charge on any atom is 0.292 e. The van der Waals surface area contributed by atoms with E-state index >= 15 is 0 Å². The Hall–Kier alpha value is -2.34. The highest BCUT2D eigenvalue weighted by Crippen LogP contribution is 2.37. The number of carbonyl (C=O) groups excluding carboxylic acids is 1. The van der Waals surface area contributed by atoms with E-state index in [1.165, 1.54) is 6.20 Å². The van der Waals surface area contributed by atoms with Crippen molar-refractivity contribution < 1.29 is 18.8 Å². The van der Waals surface area contributed by atoms with Crippen molar-refractivity contribution in [2.45, 2.75) is 25.2 Å². The van der Waals surface area contributed by atoms with E-state index in [2.05, 4.69) is 5.16 Å². The van der Waals surface area contributed by atoms with Gasteiger partial charge >= 0.3 is 0 Å². The summed E-state index contributed by atoms with van der Waals surface area (Å²) < 4.78 is 17.0. The van der Waals surface area contributed by atoms with Gasteiger partial charge in [-0.05, 0) is 6.07 Å². The average Bonchev–Trinajstić information content (AvgIpc) is 3.09. The number of benzene rings is 1. The second kappa shape index (κ2) is 5.14. The highest BCUT2D eigenvalue weighted by Gasteiger charge is 2.42. The Bertz CT molecular complexity index is 675. The quantitative estimate of drug-likeness (QED) is 0.808. The van der Waals surface area contributed by atoms with Gasteiger partial charge in [-0.1, -0.05) is 23.4 Å². The minimum absolute atomic E-state index is 0.136. The molecule has 1 fully saturated rings. The first kappa shape index (κ1) is 13.3. The lowest BCUT2D eigenvalue weighted by atomic mass is 10.0. The summed E-state index contributed by atoms with van der Waals surface area (Å²) in [7, 11) is 0. The minimum Gasteiger partial charge on any atom is -0.462 e.